The second-order valence-corrected chi connectivity index (χ2v) is 6.26. The number of carbonyl (C=O) groups excluding carboxylic acids is 2. The highest BCUT2D eigenvalue weighted by molar-refractivity contribution is 9.10. The van der Waals surface area contributed by atoms with Gasteiger partial charge in [0.1, 0.15) is 10.9 Å². The summed E-state index contributed by atoms with van der Waals surface area (Å²) in [6, 6.07) is 1.55. The Morgan fingerprint density at radius 3 is 2.78 bits per heavy atom. The van der Waals surface area contributed by atoms with Gasteiger partial charge in [-0.25, -0.2) is 0 Å². The molecule has 0 saturated carbocycles. The lowest BCUT2D eigenvalue weighted by molar-refractivity contribution is -0.132. The third-order valence-electron chi connectivity index (χ3n) is 3.05. The molecular weight excluding hydrogens is 316 g/mol. The molecule has 2 heterocycles. The number of carbonyl (C=O) groups is 2. The highest BCUT2D eigenvalue weighted by Gasteiger charge is 2.36. The van der Waals surface area contributed by atoms with Gasteiger partial charge in [0.25, 0.3) is 5.91 Å². The van der Waals surface area contributed by atoms with E-state index in [-0.39, 0.29) is 17.9 Å². The number of thiophene rings is 1. The molecule has 1 fully saturated rings. The summed E-state index contributed by atoms with van der Waals surface area (Å²) in [6.45, 7) is 0.660. The summed E-state index contributed by atoms with van der Waals surface area (Å²) in [7, 11) is 3.45. The Balaban J connectivity index is 2.20. The van der Waals surface area contributed by atoms with E-state index in [0.29, 0.717) is 11.4 Å². The lowest BCUT2D eigenvalue weighted by Gasteiger charge is -2.25. The minimum atomic E-state index is -0.304. The molecule has 1 aliphatic rings. The van der Waals surface area contributed by atoms with Crippen molar-refractivity contribution in [2.45, 2.75) is 18.9 Å². The van der Waals surface area contributed by atoms with Crippen LogP contribution < -0.4 is 0 Å². The lowest BCUT2D eigenvalue weighted by atomic mass is 10.2. The largest absolute Gasteiger partial charge is 0.347 e. The third-order valence-corrected chi connectivity index (χ3v) is 4.88. The molecule has 0 radical (unpaired) electrons. The quantitative estimate of drug-likeness (QED) is 0.834. The predicted molar refractivity (Wildman–Crippen MR) is 74.8 cm³/mol. The molecule has 1 aliphatic heterocycles. The van der Waals surface area contributed by atoms with Crippen LogP contribution in [-0.2, 0) is 4.79 Å². The van der Waals surface area contributed by atoms with Crippen LogP contribution in [0.1, 0.15) is 22.5 Å². The number of halogens is 1. The minimum Gasteiger partial charge on any atom is -0.347 e. The molecule has 1 saturated heterocycles. The van der Waals surface area contributed by atoms with Crippen LogP contribution in [0.15, 0.2) is 15.9 Å². The van der Waals surface area contributed by atoms with Crippen LogP contribution in [0, 0.1) is 0 Å². The molecule has 0 aromatic carbocycles. The van der Waals surface area contributed by atoms with Crippen molar-refractivity contribution in [3.05, 3.63) is 20.8 Å². The fourth-order valence-electron chi connectivity index (χ4n) is 2.14. The van der Waals surface area contributed by atoms with E-state index < -0.39 is 0 Å². The zero-order chi connectivity index (χ0) is 13.3. The van der Waals surface area contributed by atoms with Crippen molar-refractivity contribution in [1.29, 1.82) is 0 Å². The predicted octanol–water partition coefficient (Wildman–Crippen LogP) is 2.20. The molecule has 6 heteroatoms. The first kappa shape index (κ1) is 13.5. The van der Waals surface area contributed by atoms with Gasteiger partial charge in [-0.15, -0.1) is 11.3 Å². The molecule has 0 bridgehead atoms. The summed E-state index contributed by atoms with van der Waals surface area (Å²) in [5.74, 6) is -0.0388. The van der Waals surface area contributed by atoms with Gasteiger partial charge in [-0.3, -0.25) is 9.59 Å². The molecule has 4 nitrogen and oxygen atoms in total. The van der Waals surface area contributed by atoms with Crippen molar-refractivity contribution in [1.82, 2.24) is 9.80 Å². The second-order valence-electron chi connectivity index (χ2n) is 4.49. The van der Waals surface area contributed by atoms with Gasteiger partial charge in [-0.05, 0) is 40.2 Å². The summed E-state index contributed by atoms with van der Waals surface area (Å²) in [5, 5.41) is 1.87. The second kappa shape index (κ2) is 5.40. The van der Waals surface area contributed by atoms with Gasteiger partial charge >= 0.3 is 0 Å². The van der Waals surface area contributed by atoms with Gasteiger partial charge in [0.15, 0.2) is 0 Å². The van der Waals surface area contributed by atoms with Gasteiger partial charge in [0.2, 0.25) is 5.91 Å². The van der Waals surface area contributed by atoms with Crippen molar-refractivity contribution in [2.24, 2.45) is 0 Å². The van der Waals surface area contributed by atoms with Gasteiger partial charge in [0, 0.05) is 25.1 Å². The van der Waals surface area contributed by atoms with E-state index in [1.165, 1.54) is 11.3 Å². The van der Waals surface area contributed by atoms with Crippen molar-refractivity contribution in [2.75, 3.05) is 20.6 Å². The smallest absolute Gasteiger partial charge is 0.265 e. The molecule has 1 unspecified atom stereocenters. The first-order valence-electron chi connectivity index (χ1n) is 5.77. The van der Waals surface area contributed by atoms with E-state index in [1.54, 1.807) is 23.9 Å². The van der Waals surface area contributed by atoms with Crippen molar-refractivity contribution in [3.63, 3.8) is 0 Å². The van der Waals surface area contributed by atoms with E-state index in [0.717, 1.165) is 17.3 Å². The average molecular weight is 331 g/mol. The molecule has 1 aromatic heterocycles. The fourth-order valence-corrected chi connectivity index (χ4v) is 3.64. The van der Waals surface area contributed by atoms with Crippen LogP contribution in [0.25, 0.3) is 0 Å². The van der Waals surface area contributed by atoms with Crippen LogP contribution in [0.4, 0.5) is 0 Å². The maximum atomic E-state index is 12.4. The number of likely N-dealkylation sites (N-methyl/N-ethyl adjacent to an activating group) is 1. The Hall–Kier alpha value is -0.880. The molecule has 2 rings (SSSR count). The van der Waals surface area contributed by atoms with Crippen molar-refractivity contribution >= 4 is 39.1 Å². The molecule has 0 spiro atoms. The van der Waals surface area contributed by atoms with Gasteiger partial charge in [-0.2, -0.15) is 0 Å². The Labute approximate surface area is 119 Å². The summed E-state index contributed by atoms with van der Waals surface area (Å²) in [5.41, 5.74) is 0. The van der Waals surface area contributed by atoms with Gasteiger partial charge in [0.05, 0.1) is 0 Å². The molecular formula is C12H15BrN2O2S. The molecule has 98 valence electrons. The number of hydrogen-bond donors (Lipinski definition) is 0. The van der Waals surface area contributed by atoms with Crippen molar-refractivity contribution in [3.8, 4) is 0 Å². The molecule has 0 aliphatic carbocycles. The molecule has 1 atom stereocenters. The fraction of sp³-hybridized carbons (Fsp3) is 0.500. The van der Waals surface area contributed by atoms with E-state index in [9.17, 15) is 9.59 Å². The zero-order valence-electron chi connectivity index (χ0n) is 10.4. The number of rotatable bonds is 2. The molecule has 0 N–H and O–H groups in total. The van der Waals surface area contributed by atoms with E-state index in [1.807, 2.05) is 11.4 Å². The highest BCUT2D eigenvalue weighted by Crippen LogP contribution is 2.28. The molecule has 18 heavy (non-hydrogen) atoms. The first-order valence-corrected chi connectivity index (χ1v) is 7.44. The Morgan fingerprint density at radius 1 is 1.50 bits per heavy atom. The summed E-state index contributed by atoms with van der Waals surface area (Å²) in [6.07, 6.45) is 1.64. The summed E-state index contributed by atoms with van der Waals surface area (Å²) < 4.78 is 0.806. The van der Waals surface area contributed by atoms with Gasteiger partial charge < -0.3 is 9.80 Å². The monoisotopic (exact) mass is 330 g/mol. The van der Waals surface area contributed by atoms with E-state index in [2.05, 4.69) is 15.9 Å². The normalized spacial score (nSPS) is 19.1. The standard InChI is InChI=1S/C12H15BrN2O2S/c1-14(2)11(16)9-4-3-6-15(9)12(17)10-8(13)5-7-18-10/h5,7,9H,3-4,6H2,1-2H3. The highest BCUT2D eigenvalue weighted by atomic mass is 79.9. The van der Waals surface area contributed by atoms with Crippen LogP contribution >= 0.6 is 27.3 Å². The van der Waals surface area contributed by atoms with Crippen molar-refractivity contribution < 1.29 is 9.59 Å². The average Bonchev–Trinajstić information content (AvgIpc) is 2.95. The SMILES string of the molecule is CN(C)C(=O)C1CCCN1C(=O)c1sccc1Br. The van der Waals surface area contributed by atoms with Crippen LogP contribution in [0.2, 0.25) is 0 Å². The molecule has 2 amide bonds. The van der Waals surface area contributed by atoms with Crippen LogP contribution in [0.3, 0.4) is 0 Å². The topological polar surface area (TPSA) is 40.6 Å². The van der Waals surface area contributed by atoms with Crippen LogP contribution in [-0.4, -0.2) is 48.3 Å². The third kappa shape index (κ3) is 2.44. The summed E-state index contributed by atoms with van der Waals surface area (Å²) >= 11 is 4.77. The van der Waals surface area contributed by atoms with E-state index >= 15 is 0 Å². The summed E-state index contributed by atoms with van der Waals surface area (Å²) in [4.78, 5) is 28.4. The Kier molecular flexibility index (Phi) is 4.07. The van der Waals surface area contributed by atoms with Crippen LogP contribution in [0.5, 0.6) is 0 Å². The van der Waals surface area contributed by atoms with Gasteiger partial charge in [-0.1, -0.05) is 0 Å². The number of hydrogen-bond acceptors (Lipinski definition) is 3. The van der Waals surface area contributed by atoms with E-state index in [4.69, 9.17) is 0 Å². The number of nitrogens with zero attached hydrogens (tertiary/aromatic N) is 2. The maximum Gasteiger partial charge on any atom is 0.265 e. The zero-order valence-corrected chi connectivity index (χ0v) is 12.8. The lowest BCUT2D eigenvalue weighted by Crippen LogP contribution is -2.45. The minimum absolute atomic E-state index is 0.00790. The maximum absolute atomic E-state index is 12.4. The number of likely N-dealkylation sites (tertiary alicyclic amines) is 1. The number of amides is 2. The molecule has 1 aromatic rings. The Bertz CT molecular complexity index is 472. The Morgan fingerprint density at radius 2 is 2.22 bits per heavy atom. The first-order chi connectivity index (χ1) is 8.52.